The molecule has 0 bridgehead atoms. The highest BCUT2D eigenvalue weighted by Crippen LogP contribution is 2.26. The highest BCUT2D eigenvalue weighted by molar-refractivity contribution is 9.11. The van der Waals surface area contributed by atoms with Crippen LogP contribution in [0.2, 0.25) is 0 Å². The summed E-state index contributed by atoms with van der Waals surface area (Å²) in [4.78, 5) is 7.54. The van der Waals surface area contributed by atoms with Crippen LogP contribution in [0.1, 0.15) is 0 Å². The minimum atomic E-state index is -3.74. The van der Waals surface area contributed by atoms with E-state index >= 15 is 0 Å². The lowest BCUT2D eigenvalue weighted by atomic mass is 10.5. The summed E-state index contributed by atoms with van der Waals surface area (Å²) in [5.74, 6) is -0.0457. The van der Waals surface area contributed by atoms with Crippen molar-refractivity contribution in [2.45, 2.75) is 4.90 Å². The second-order valence-electron chi connectivity index (χ2n) is 2.96. The summed E-state index contributed by atoms with van der Waals surface area (Å²) in [6.45, 7) is 0. The van der Waals surface area contributed by atoms with Gasteiger partial charge >= 0.3 is 0 Å². The monoisotopic (exact) mass is 334 g/mol. The molecule has 0 aliphatic heterocycles. The Bertz CT molecular complexity index is 640. The number of aromatic nitrogens is 2. The van der Waals surface area contributed by atoms with Crippen LogP contribution in [-0.2, 0) is 10.0 Å². The Morgan fingerprint density at radius 2 is 2.18 bits per heavy atom. The van der Waals surface area contributed by atoms with Gasteiger partial charge in [0.2, 0.25) is 0 Å². The Hall–Kier alpha value is -1.19. The van der Waals surface area contributed by atoms with Crippen LogP contribution in [0.25, 0.3) is 0 Å². The molecule has 0 unspecified atom stereocenters. The molecule has 2 aromatic rings. The van der Waals surface area contributed by atoms with Gasteiger partial charge in [-0.05, 0) is 28.1 Å². The molecule has 0 saturated heterocycles. The molecule has 2 heterocycles. The Morgan fingerprint density at radius 1 is 1.41 bits per heavy atom. The molecule has 6 nitrogen and oxygen atoms in total. The fraction of sp³-hybridized carbons (Fsp3) is 0. The Kier molecular flexibility index (Phi) is 3.31. The number of halogens is 1. The third-order valence-corrected chi connectivity index (χ3v) is 4.70. The van der Waals surface area contributed by atoms with E-state index in [1.807, 2.05) is 0 Å². The highest BCUT2D eigenvalue weighted by Gasteiger charge is 2.19. The van der Waals surface area contributed by atoms with E-state index in [9.17, 15) is 8.42 Å². The van der Waals surface area contributed by atoms with Crippen LogP contribution in [0.4, 0.5) is 10.9 Å². The molecule has 0 amide bonds. The standard InChI is InChI=1S/C8H7BrN4O2S2/c9-6-4-12-8(16-6)13-17(14,15)5-2-1-3-11-7(5)10/h1-4H,(H2,10,11)(H,12,13). The maximum absolute atomic E-state index is 12.0. The van der Waals surface area contributed by atoms with E-state index in [0.29, 0.717) is 0 Å². The molecule has 0 radical (unpaired) electrons. The second kappa shape index (κ2) is 4.59. The van der Waals surface area contributed by atoms with Crippen LogP contribution in [0.15, 0.2) is 33.2 Å². The van der Waals surface area contributed by atoms with Gasteiger partial charge in [-0.25, -0.2) is 18.4 Å². The van der Waals surface area contributed by atoms with E-state index in [-0.39, 0.29) is 15.8 Å². The largest absolute Gasteiger partial charge is 0.383 e. The zero-order valence-electron chi connectivity index (χ0n) is 8.29. The van der Waals surface area contributed by atoms with Crippen LogP contribution in [0.5, 0.6) is 0 Å². The van der Waals surface area contributed by atoms with Gasteiger partial charge in [0.25, 0.3) is 10.0 Å². The maximum Gasteiger partial charge on any atom is 0.267 e. The number of nitrogens with zero attached hydrogens (tertiary/aromatic N) is 2. The van der Waals surface area contributed by atoms with Crippen molar-refractivity contribution in [3.63, 3.8) is 0 Å². The van der Waals surface area contributed by atoms with E-state index in [4.69, 9.17) is 5.73 Å². The number of hydrogen-bond donors (Lipinski definition) is 2. The molecule has 2 aromatic heterocycles. The number of sulfonamides is 1. The molecule has 0 aromatic carbocycles. The quantitative estimate of drug-likeness (QED) is 0.889. The number of anilines is 2. The van der Waals surface area contributed by atoms with Crippen molar-refractivity contribution in [1.29, 1.82) is 0 Å². The predicted octanol–water partition coefficient (Wildman–Crippen LogP) is 1.68. The number of pyridine rings is 1. The van der Waals surface area contributed by atoms with Crippen molar-refractivity contribution < 1.29 is 8.42 Å². The molecule has 9 heteroatoms. The van der Waals surface area contributed by atoms with Gasteiger partial charge in [-0.1, -0.05) is 11.3 Å². The average Bonchev–Trinajstić information content (AvgIpc) is 2.63. The molecule has 2 rings (SSSR count). The van der Waals surface area contributed by atoms with E-state index in [2.05, 4.69) is 30.6 Å². The van der Waals surface area contributed by atoms with Crippen molar-refractivity contribution in [1.82, 2.24) is 9.97 Å². The molecular formula is C8H7BrN4O2S2. The van der Waals surface area contributed by atoms with Gasteiger partial charge in [0.1, 0.15) is 10.7 Å². The smallest absolute Gasteiger partial charge is 0.267 e. The topological polar surface area (TPSA) is 98.0 Å². The molecule has 3 N–H and O–H groups in total. The number of nitrogens with two attached hydrogens (primary N) is 1. The lowest BCUT2D eigenvalue weighted by Gasteiger charge is -2.06. The molecule has 0 aliphatic rings. The minimum Gasteiger partial charge on any atom is -0.383 e. The van der Waals surface area contributed by atoms with Crippen molar-refractivity contribution in [3.8, 4) is 0 Å². The summed E-state index contributed by atoms with van der Waals surface area (Å²) in [5.41, 5.74) is 5.51. The maximum atomic E-state index is 12.0. The molecule has 0 saturated carbocycles. The average molecular weight is 335 g/mol. The lowest BCUT2D eigenvalue weighted by Crippen LogP contribution is -2.15. The van der Waals surface area contributed by atoms with E-state index in [0.717, 1.165) is 3.79 Å². The second-order valence-corrected chi connectivity index (χ2v) is 7.02. The van der Waals surface area contributed by atoms with E-state index < -0.39 is 10.0 Å². The van der Waals surface area contributed by atoms with Crippen LogP contribution < -0.4 is 10.5 Å². The summed E-state index contributed by atoms with van der Waals surface area (Å²) in [6.07, 6.45) is 2.93. The SMILES string of the molecule is Nc1ncccc1S(=O)(=O)Nc1ncc(Br)s1. The van der Waals surface area contributed by atoms with Crippen LogP contribution in [-0.4, -0.2) is 18.4 Å². The Morgan fingerprint density at radius 3 is 2.76 bits per heavy atom. The summed E-state index contributed by atoms with van der Waals surface area (Å²) in [6, 6.07) is 2.88. The van der Waals surface area contributed by atoms with Gasteiger partial charge in [-0.15, -0.1) is 0 Å². The zero-order chi connectivity index (χ0) is 12.5. The van der Waals surface area contributed by atoms with Crippen molar-refractivity contribution >= 4 is 48.2 Å². The van der Waals surface area contributed by atoms with Gasteiger partial charge in [0.05, 0.1) is 9.98 Å². The first kappa shape index (κ1) is 12.3. The van der Waals surface area contributed by atoms with Crippen LogP contribution >= 0.6 is 27.3 Å². The Balaban J connectivity index is 2.35. The van der Waals surface area contributed by atoms with Gasteiger partial charge in [0, 0.05) is 6.20 Å². The van der Waals surface area contributed by atoms with E-state index in [1.165, 1.54) is 35.9 Å². The summed E-state index contributed by atoms with van der Waals surface area (Å²) in [5, 5.41) is 0.264. The molecule has 0 fully saturated rings. The molecule has 0 aliphatic carbocycles. The normalized spacial score (nSPS) is 11.4. The summed E-state index contributed by atoms with van der Waals surface area (Å²) in [7, 11) is -3.74. The van der Waals surface area contributed by atoms with Gasteiger partial charge in [-0.3, -0.25) is 4.72 Å². The fourth-order valence-electron chi connectivity index (χ4n) is 1.10. The fourth-order valence-corrected chi connectivity index (χ4v) is 3.53. The first-order valence-corrected chi connectivity index (χ1v) is 7.43. The van der Waals surface area contributed by atoms with Crippen molar-refractivity contribution in [3.05, 3.63) is 28.3 Å². The van der Waals surface area contributed by atoms with Gasteiger partial charge < -0.3 is 5.73 Å². The van der Waals surface area contributed by atoms with Crippen molar-refractivity contribution in [2.75, 3.05) is 10.5 Å². The first-order chi connectivity index (χ1) is 7.99. The number of nitrogens with one attached hydrogen (secondary N) is 1. The number of rotatable bonds is 3. The zero-order valence-corrected chi connectivity index (χ0v) is 11.5. The predicted molar refractivity (Wildman–Crippen MR) is 69.3 cm³/mol. The van der Waals surface area contributed by atoms with Crippen molar-refractivity contribution in [2.24, 2.45) is 0 Å². The third kappa shape index (κ3) is 2.73. The van der Waals surface area contributed by atoms with E-state index in [1.54, 1.807) is 0 Å². The number of nitrogen functional groups attached to an aromatic ring is 1. The van der Waals surface area contributed by atoms with Crippen LogP contribution in [0, 0.1) is 0 Å². The number of thiazole rings is 1. The Labute approximate surface area is 110 Å². The molecular weight excluding hydrogens is 328 g/mol. The first-order valence-electron chi connectivity index (χ1n) is 4.34. The van der Waals surface area contributed by atoms with Gasteiger partial charge in [-0.2, -0.15) is 0 Å². The lowest BCUT2D eigenvalue weighted by molar-refractivity contribution is 0.601. The molecule has 0 atom stereocenters. The van der Waals surface area contributed by atoms with Gasteiger partial charge in [0.15, 0.2) is 5.13 Å². The molecule has 17 heavy (non-hydrogen) atoms. The number of hydrogen-bond acceptors (Lipinski definition) is 6. The third-order valence-electron chi connectivity index (χ3n) is 1.79. The minimum absolute atomic E-state index is 0.0457. The molecule has 0 spiro atoms. The van der Waals surface area contributed by atoms with Crippen LogP contribution in [0.3, 0.4) is 0 Å². The molecule has 90 valence electrons. The summed E-state index contributed by atoms with van der Waals surface area (Å²) >= 11 is 4.36. The highest BCUT2D eigenvalue weighted by atomic mass is 79.9. The summed E-state index contributed by atoms with van der Waals surface area (Å²) < 4.78 is 27.0.